The molecule has 0 heterocycles. The molecule has 1 aromatic carbocycles. The summed E-state index contributed by atoms with van der Waals surface area (Å²) < 4.78 is 26.0. The maximum atomic E-state index is 11.7. The fraction of sp³-hybridized carbons (Fsp3) is 0.400. The number of hydrogen-bond donors (Lipinski definition) is 2. The molecule has 0 bridgehead atoms. The first-order chi connectivity index (χ1) is 7.60. The highest BCUT2D eigenvalue weighted by atomic mass is 32.2. The van der Waals surface area contributed by atoms with E-state index in [1.807, 2.05) is 6.26 Å². The maximum absolute atomic E-state index is 11.7. The molecule has 0 fully saturated rings. The van der Waals surface area contributed by atoms with Crippen LogP contribution in [0.25, 0.3) is 0 Å². The zero-order chi connectivity index (χ0) is 12.0. The summed E-state index contributed by atoms with van der Waals surface area (Å²) in [4.78, 5) is 1.34. The average Bonchev–Trinajstić information content (AvgIpc) is 2.29. The topological polar surface area (TPSA) is 72.2 Å². The molecule has 0 saturated heterocycles. The van der Waals surface area contributed by atoms with Gasteiger partial charge >= 0.3 is 0 Å². The minimum Gasteiger partial charge on any atom is -0.330 e. The zero-order valence-corrected chi connectivity index (χ0v) is 10.8. The minimum absolute atomic E-state index is 0.294. The lowest BCUT2D eigenvalue weighted by Crippen LogP contribution is -2.26. The second-order valence-corrected chi connectivity index (χ2v) is 5.86. The number of benzene rings is 1. The van der Waals surface area contributed by atoms with Gasteiger partial charge < -0.3 is 5.73 Å². The Labute approximate surface area is 101 Å². The highest BCUT2D eigenvalue weighted by Crippen LogP contribution is 2.17. The summed E-state index contributed by atoms with van der Waals surface area (Å²) in [5.74, 6) is 0. The predicted octanol–water partition coefficient (Wildman–Crippen LogP) is 1.04. The Morgan fingerprint density at radius 1 is 1.31 bits per heavy atom. The molecule has 1 aromatic rings. The van der Waals surface area contributed by atoms with E-state index in [0.29, 0.717) is 24.4 Å². The lowest BCUT2D eigenvalue weighted by atomic mass is 10.4. The van der Waals surface area contributed by atoms with Gasteiger partial charge in [-0.3, -0.25) is 0 Å². The molecule has 0 aromatic heterocycles. The molecular weight excluding hydrogens is 244 g/mol. The molecule has 0 spiro atoms. The van der Waals surface area contributed by atoms with Gasteiger partial charge in [0.1, 0.15) is 0 Å². The van der Waals surface area contributed by atoms with Crippen molar-refractivity contribution in [1.82, 2.24) is 4.72 Å². The predicted molar refractivity (Wildman–Crippen MR) is 67.1 cm³/mol. The number of nitrogens with two attached hydrogens (primary N) is 1. The van der Waals surface area contributed by atoms with E-state index < -0.39 is 10.0 Å². The average molecular weight is 260 g/mol. The smallest absolute Gasteiger partial charge is 0.240 e. The number of hydrogen-bond acceptors (Lipinski definition) is 4. The quantitative estimate of drug-likeness (QED) is 0.592. The van der Waals surface area contributed by atoms with Gasteiger partial charge in [-0.15, -0.1) is 11.8 Å². The van der Waals surface area contributed by atoms with Gasteiger partial charge in [0, 0.05) is 11.4 Å². The molecule has 1 rings (SSSR count). The summed E-state index contributed by atoms with van der Waals surface area (Å²) in [6, 6.07) is 6.80. The van der Waals surface area contributed by atoms with E-state index in [0.717, 1.165) is 4.90 Å². The number of sulfonamides is 1. The Bertz CT molecular complexity index is 415. The summed E-state index contributed by atoms with van der Waals surface area (Å²) in [7, 11) is -3.37. The Balaban J connectivity index is 2.74. The van der Waals surface area contributed by atoms with Gasteiger partial charge in [-0.05, 0) is 43.5 Å². The van der Waals surface area contributed by atoms with Gasteiger partial charge in [-0.2, -0.15) is 0 Å². The fourth-order valence-electron chi connectivity index (χ4n) is 1.15. The molecule has 0 unspecified atom stereocenters. The van der Waals surface area contributed by atoms with Crippen LogP contribution < -0.4 is 10.5 Å². The van der Waals surface area contributed by atoms with Crippen LogP contribution in [0.15, 0.2) is 34.1 Å². The van der Waals surface area contributed by atoms with Crippen molar-refractivity contribution in [2.45, 2.75) is 16.2 Å². The van der Waals surface area contributed by atoms with Crippen molar-refractivity contribution in [3.63, 3.8) is 0 Å². The van der Waals surface area contributed by atoms with Crippen molar-refractivity contribution in [2.24, 2.45) is 5.73 Å². The molecule has 3 N–H and O–H groups in total. The first-order valence-corrected chi connectivity index (χ1v) is 7.65. The molecule has 0 atom stereocenters. The number of nitrogens with one attached hydrogen (secondary N) is 1. The fourth-order valence-corrected chi connectivity index (χ4v) is 2.63. The Hall–Kier alpha value is -0.560. The van der Waals surface area contributed by atoms with E-state index in [2.05, 4.69) is 4.72 Å². The van der Waals surface area contributed by atoms with Crippen LogP contribution in [0.3, 0.4) is 0 Å². The van der Waals surface area contributed by atoms with E-state index in [4.69, 9.17) is 5.73 Å². The lowest BCUT2D eigenvalue weighted by Gasteiger charge is -2.06. The van der Waals surface area contributed by atoms with Gasteiger partial charge in [0.25, 0.3) is 0 Å². The molecule has 6 heteroatoms. The monoisotopic (exact) mass is 260 g/mol. The van der Waals surface area contributed by atoms with Gasteiger partial charge in [0.2, 0.25) is 10.0 Å². The molecule has 90 valence electrons. The van der Waals surface area contributed by atoms with Crippen LogP contribution in [0.1, 0.15) is 6.42 Å². The van der Waals surface area contributed by atoms with Crippen LogP contribution in [0.2, 0.25) is 0 Å². The third kappa shape index (κ3) is 3.79. The Morgan fingerprint density at radius 2 is 1.94 bits per heavy atom. The lowest BCUT2D eigenvalue weighted by molar-refractivity contribution is 0.579. The van der Waals surface area contributed by atoms with Crippen LogP contribution in [0, 0.1) is 0 Å². The zero-order valence-electron chi connectivity index (χ0n) is 9.14. The summed E-state index contributed by atoms with van der Waals surface area (Å²) in [5, 5.41) is 0. The van der Waals surface area contributed by atoms with Crippen LogP contribution in [-0.2, 0) is 10.0 Å². The van der Waals surface area contributed by atoms with Gasteiger partial charge in [0.05, 0.1) is 4.90 Å². The highest BCUT2D eigenvalue weighted by molar-refractivity contribution is 7.98. The second kappa shape index (κ2) is 6.24. The third-order valence-electron chi connectivity index (χ3n) is 2.04. The first-order valence-electron chi connectivity index (χ1n) is 4.94. The standard InChI is InChI=1S/C10H16N2O2S2/c1-15-9-3-5-10(6-4-9)16(13,14)12-8-2-7-11/h3-6,12H,2,7-8,11H2,1H3. The van der Waals surface area contributed by atoms with E-state index in [1.165, 1.54) is 0 Å². The minimum atomic E-state index is -3.37. The molecule has 0 aliphatic carbocycles. The van der Waals surface area contributed by atoms with Crippen LogP contribution in [-0.4, -0.2) is 27.8 Å². The number of rotatable bonds is 6. The van der Waals surface area contributed by atoms with Gasteiger partial charge in [0.15, 0.2) is 0 Å². The van der Waals surface area contributed by atoms with E-state index in [9.17, 15) is 8.42 Å². The summed E-state index contributed by atoms with van der Waals surface area (Å²) in [6.45, 7) is 0.858. The maximum Gasteiger partial charge on any atom is 0.240 e. The summed E-state index contributed by atoms with van der Waals surface area (Å²) in [6.07, 6.45) is 2.59. The summed E-state index contributed by atoms with van der Waals surface area (Å²) >= 11 is 1.58. The molecular formula is C10H16N2O2S2. The van der Waals surface area contributed by atoms with Crippen molar-refractivity contribution >= 4 is 21.8 Å². The normalized spacial score (nSPS) is 11.6. The van der Waals surface area contributed by atoms with Gasteiger partial charge in [-0.1, -0.05) is 0 Å². The van der Waals surface area contributed by atoms with Crippen LogP contribution in [0.5, 0.6) is 0 Å². The molecule has 0 aliphatic rings. The molecule has 4 nitrogen and oxygen atoms in total. The van der Waals surface area contributed by atoms with Crippen molar-refractivity contribution in [2.75, 3.05) is 19.3 Å². The van der Waals surface area contributed by atoms with Crippen molar-refractivity contribution in [3.8, 4) is 0 Å². The molecule has 0 saturated carbocycles. The van der Waals surface area contributed by atoms with Crippen molar-refractivity contribution < 1.29 is 8.42 Å². The number of thioether (sulfide) groups is 1. The second-order valence-electron chi connectivity index (χ2n) is 3.22. The van der Waals surface area contributed by atoms with Crippen molar-refractivity contribution in [1.29, 1.82) is 0 Å². The van der Waals surface area contributed by atoms with Gasteiger partial charge in [-0.25, -0.2) is 13.1 Å². The SMILES string of the molecule is CSc1ccc(S(=O)(=O)NCCCN)cc1. The van der Waals surface area contributed by atoms with E-state index in [-0.39, 0.29) is 0 Å². The molecule has 0 amide bonds. The largest absolute Gasteiger partial charge is 0.330 e. The molecule has 0 radical (unpaired) electrons. The Morgan fingerprint density at radius 3 is 2.44 bits per heavy atom. The van der Waals surface area contributed by atoms with Crippen molar-refractivity contribution in [3.05, 3.63) is 24.3 Å². The molecule has 0 aliphatic heterocycles. The Kier molecular flexibility index (Phi) is 5.27. The third-order valence-corrected chi connectivity index (χ3v) is 4.26. The first kappa shape index (κ1) is 13.5. The van der Waals surface area contributed by atoms with E-state index >= 15 is 0 Å². The van der Waals surface area contributed by atoms with Crippen LogP contribution >= 0.6 is 11.8 Å². The van der Waals surface area contributed by atoms with Crippen LogP contribution in [0.4, 0.5) is 0 Å². The molecule has 16 heavy (non-hydrogen) atoms. The van der Waals surface area contributed by atoms with E-state index in [1.54, 1.807) is 36.0 Å². The summed E-state index contributed by atoms with van der Waals surface area (Å²) in [5.41, 5.74) is 5.30. The highest BCUT2D eigenvalue weighted by Gasteiger charge is 2.12.